The van der Waals surface area contributed by atoms with Crippen LogP contribution in [0, 0.1) is 41.5 Å². The van der Waals surface area contributed by atoms with Gasteiger partial charge in [0.25, 0.3) is 0 Å². The third-order valence-corrected chi connectivity index (χ3v) is 30.5. The summed E-state index contributed by atoms with van der Waals surface area (Å²) in [5.74, 6) is 0. The van der Waals surface area contributed by atoms with Crippen LogP contribution in [-0.4, -0.2) is 0 Å². The minimum Gasteiger partial charge on any atom is -0.309 e. The number of benzene rings is 28. The van der Waals surface area contributed by atoms with Crippen molar-refractivity contribution in [1.29, 1.82) is 0 Å². The molecule has 0 aliphatic rings. The smallest absolute Gasteiger partial charge is 0.0619 e. The predicted octanol–water partition coefficient (Wildman–Crippen LogP) is 40.8. The molecule has 0 aromatic heterocycles. The van der Waals surface area contributed by atoms with Crippen molar-refractivity contribution in [1.82, 2.24) is 0 Å². The van der Waals surface area contributed by atoms with Crippen molar-refractivity contribution >= 4 is 219 Å². The summed E-state index contributed by atoms with van der Waals surface area (Å²) in [7, 11) is 0. The Labute approximate surface area is 849 Å². The van der Waals surface area contributed by atoms with Crippen molar-refractivity contribution in [3.8, 4) is 44.5 Å². The lowest BCUT2D eigenvalue weighted by Crippen LogP contribution is -2.12. The zero-order valence-corrected chi connectivity index (χ0v) is 82.1. The third kappa shape index (κ3) is 14.4. The Hall–Kier alpha value is -18.5. The second-order valence-corrected chi connectivity index (χ2v) is 39.7. The summed E-state index contributed by atoms with van der Waals surface area (Å²) < 4.78 is 0. The lowest BCUT2D eigenvalue weighted by molar-refractivity contribution is 1.29. The van der Waals surface area contributed by atoms with Crippen molar-refractivity contribution in [2.24, 2.45) is 0 Å². The van der Waals surface area contributed by atoms with Crippen molar-refractivity contribution in [3.63, 3.8) is 0 Å². The van der Waals surface area contributed by atoms with E-state index in [-0.39, 0.29) is 0 Å². The summed E-state index contributed by atoms with van der Waals surface area (Å²) in [6.45, 7) is 13.1. The number of para-hydroxylation sites is 2. The summed E-state index contributed by atoms with van der Waals surface area (Å²) in [6, 6.07) is 186. The van der Waals surface area contributed by atoms with Crippen LogP contribution in [0.25, 0.3) is 195 Å². The minimum absolute atomic E-state index is 1.11. The van der Waals surface area contributed by atoms with E-state index in [0.29, 0.717) is 0 Å². The second-order valence-electron chi connectivity index (χ2n) is 39.7. The summed E-state index contributed by atoms with van der Waals surface area (Å²) in [4.78, 5) is 9.96. The van der Waals surface area contributed by atoms with Gasteiger partial charge in [-0.25, -0.2) is 0 Å². The Morgan fingerprint density at radius 3 is 0.555 bits per heavy atom. The van der Waals surface area contributed by atoms with Crippen LogP contribution in [0.5, 0.6) is 0 Å². The highest BCUT2D eigenvalue weighted by Gasteiger charge is 2.32. The molecule has 0 fully saturated rings. The van der Waals surface area contributed by atoms with E-state index in [9.17, 15) is 0 Å². The average Bonchev–Trinajstić information content (AvgIpc) is 0.710. The first-order valence-corrected chi connectivity index (χ1v) is 50.8. The Morgan fingerprint density at radius 2 is 0.315 bits per heavy atom. The van der Waals surface area contributed by atoms with E-state index in [2.05, 4.69) is 559 Å². The van der Waals surface area contributed by atoms with Crippen molar-refractivity contribution in [2.45, 2.75) is 41.5 Å². The Kier molecular flexibility index (Phi) is 21.0. The fourth-order valence-electron chi connectivity index (χ4n) is 24.1. The molecule has 0 N–H and O–H groups in total. The molecular weight excluding hydrogens is 1760 g/mol. The first-order valence-electron chi connectivity index (χ1n) is 50.8. The van der Waals surface area contributed by atoms with Gasteiger partial charge in [-0.15, -0.1) is 0 Å². The monoisotopic (exact) mass is 1860 g/mol. The van der Waals surface area contributed by atoms with Crippen LogP contribution in [-0.2, 0) is 0 Å². The molecule has 146 heavy (non-hydrogen) atoms. The van der Waals surface area contributed by atoms with Crippen LogP contribution >= 0.6 is 0 Å². The van der Waals surface area contributed by atoms with Crippen LogP contribution in [0.3, 0.4) is 0 Å². The topological polar surface area (TPSA) is 13.0 Å². The number of rotatable bonds is 16. The molecule has 0 spiro atoms. The highest BCUT2D eigenvalue weighted by molar-refractivity contribution is 6.33. The van der Waals surface area contributed by atoms with Crippen LogP contribution in [0.15, 0.2) is 497 Å². The highest BCUT2D eigenvalue weighted by atomic mass is 15.2. The predicted molar refractivity (Wildman–Crippen MR) is 629 cm³/mol. The van der Waals surface area contributed by atoms with Crippen LogP contribution < -0.4 is 19.6 Å². The van der Waals surface area contributed by atoms with E-state index < -0.39 is 0 Å². The Balaban J connectivity index is 0.000000149. The van der Waals surface area contributed by atoms with Crippen LogP contribution in [0.2, 0.25) is 0 Å². The molecule has 0 saturated carbocycles. The molecule has 0 atom stereocenters. The first kappa shape index (κ1) is 86.6. The fourth-order valence-corrected chi connectivity index (χ4v) is 24.1. The standard InChI is InChI=1S/C79H50N2.C63H50N2/c1-49-46-56(74-60-26-8-12-30-64(60)78(65-31-13-9-27-61(65)74)80(58-22-4-2-5-23-58)70-44-40-54-36-34-50-18-16-20-52-38-42-68(70)76(54)72(50)52)48-57(47-49)75-62-28-10-14-32-66(62)79(67-33-15-11-29-63(67)75)81(59-24-6-3-7-25-59)71-45-41-55-37-35-51-19-17-21-53-39-43-69(71)77(55)73(51)53;1-41-22-30-48(31-23-41)64(49-32-24-42(2)25-33-49)62-56-18-10-6-14-52(56)60(53-15-7-11-19-57(53)62)46-38-45(5)39-47(40-46)61-54-16-8-12-20-58(54)63(59-21-13-9-17-55(59)61)65(50-34-26-43(3)27-35-50)51-36-28-44(4)29-37-51/h2-48H,1H3;6-40H,1-5H3. The summed E-state index contributed by atoms with van der Waals surface area (Å²) in [5, 5.41) is 34.5. The number of fused-ring (bicyclic) bond motifs is 8. The van der Waals surface area contributed by atoms with Crippen molar-refractivity contribution in [2.75, 3.05) is 19.6 Å². The summed E-state index contributed by atoms with van der Waals surface area (Å²) >= 11 is 0. The van der Waals surface area contributed by atoms with Crippen molar-refractivity contribution < 1.29 is 0 Å². The molecule has 0 radical (unpaired) electrons. The van der Waals surface area contributed by atoms with E-state index in [0.717, 1.165) is 45.5 Å². The first-order chi connectivity index (χ1) is 71.9. The molecule has 0 unspecified atom stereocenters. The van der Waals surface area contributed by atoms with Gasteiger partial charge in [0.2, 0.25) is 0 Å². The van der Waals surface area contributed by atoms with Gasteiger partial charge in [0.15, 0.2) is 0 Å². The number of anilines is 12. The van der Waals surface area contributed by atoms with E-state index >= 15 is 0 Å². The maximum atomic E-state index is 2.53. The molecule has 0 saturated heterocycles. The number of aryl methyl sites for hydroxylation is 6. The Morgan fingerprint density at radius 1 is 0.123 bits per heavy atom. The molecule has 0 aliphatic carbocycles. The number of hydrogen-bond donors (Lipinski definition) is 0. The fraction of sp³-hybridized carbons (Fsp3) is 0.0423. The normalized spacial score (nSPS) is 11.8. The maximum absolute atomic E-state index is 2.53. The van der Waals surface area contributed by atoms with Gasteiger partial charge in [-0.2, -0.15) is 0 Å². The molecule has 28 aromatic rings. The molecule has 0 aliphatic heterocycles. The lowest BCUT2D eigenvalue weighted by Gasteiger charge is -2.31. The van der Waals surface area contributed by atoms with Gasteiger partial charge in [0.1, 0.15) is 0 Å². The van der Waals surface area contributed by atoms with Gasteiger partial charge in [0, 0.05) is 88.0 Å². The van der Waals surface area contributed by atoms with E-state index in [1.165, 1.54) is 251 Å². The number of hydrogen-bond acceptors (Lipinski definition) is 4. The maximum Gasteiger partial charge on any atom is 0.0619 e. The van der Waals surface area contributed by atoms with Crippen LogP contribution in [0.1, 0.15) is 33.4 Å². The zero-order chi connectivity index (χ0) is 97.5. The van der Waals surface area contributed by atoms with E-state index in [1.807, 2.05) is 0 Å². The number of nitrogens with zero attached hydrogens (tertiary/aromatic N) is 4. The SMILES string of the molecule is Cc1cc(-c2c3ccccc3c(N(c3ccccc3)c3ccc4ccc5cccc6ccc3c4c56)c3ccccc23)cc(-c2c3ccccc3c(N(c3ccccc3)c3ccc4ccc5cccc6ccc3c4c56)c3ccccc23)c1.Cc1ccc(N(c2ccc(C)cc2)c2c3ccccc3c(-c3cc(C)cc(-c4c5ccccc5c(N(c5ccc(C)cc5)c5ccc(C)cc5)c5ccccc45)c3)c3ccccc23)cc1. The van der Waals surface area contributed by atoms with Crippen molar-refractivity contribution in [3.05, 3.63) is 531 Å². The molecule has 28 rings (SSSR count). The molecule has 28 aromatic carbocycles. The van der Waals surface area contributed by atoms with Gasteiger partial charge in [-0.3, -0.25) is 0 Å². The van der Waals surface area contributed by atoms with E-state index in [4.69, 9.17) is 0 Å². The van der Waals surface area contributed by atoms with Crippen LogP contribution in [0.4, 0.5) is 68.2 Å². The quantitative estimate of drug-likeness (QED) is 0.0706. The summed E-state index contributed by atoms with van der Waals surface area (Å²) in [5.41, 5.74) is 30.9. The van der Waals surface area contributed by atoms with Gasteiger partial charge >= 0.3 is 0 Å². The highest BCUT2D eigenvalue weighted by Crippen LogP contribution is 2.58. The van der Waals surface area contributed by atoms with Gasteiger partial charge in [-0.1, -0.05) is 423 Å². The minimum atomic E-state index is 1.11. The van der Waals surface area contributed by atoms with Gasteiger partial charge in [0.05, 0.1) is 34.1 Å². The van der Waals surface area contributed by atoms with Gasteiger partial charge in [-0.05, 0) is 291 Å². The second kappa shape index (κ2) is 35.3. The third-order valence-electron chi connectivity index (χ3n) is 30.5. The Bertz CT molecular complexity index is 9150. The molecule has 0 amide bonds. The van der Waals surface area contributed by atoms with E-state index in [1.54, 1.807) is 0 Å². The molecular formula is C142H100N4. The largest absolute Gasteiger partial charge is 0.309 e. The molecule has 0 heterocycles. The molecule has 0 bridgehead atoms. The molecule has 4 nitrogen and oxygen atoms in total. The molecule has 4 heteroatoms. The zero-order valence-electron chi connectivity index (χ0n) is 82.1. The average molecular weight is 1860 g/mol. The lowest BCUT2D eigenvalue weighted by atomic mass is 9.85. The molecule has 688 valence electrons. The summed E-state index contributed by atoms with van der Waals surface area (Å²) in [6.07, 6.45) is 0. The van der Waals surface area contributed by atoms with Gasteiger partial charge < -0.3 is 19.6 Å².